The average molecular weight is 270 g/mol. The summed E-state index contributed by atoms with van der Waals surface area (Å²) in [6, 6.07) is 7.25. The highest BCUT2D eigenvalue weighted by atomic mass is 35.5. The van der Waals surface area contributed by atoms with Crippen molar-refractivity contribution in [2.75, 3.05) is 20.2 Å². The zero-order valence-electron chi connectivity index (χ0n) is 11.1. The van der Waals surface area contributed by atoms with Crippen molar-refractivity contribution in [1.82, 2.24) is 4.90 Å². The molecule has 18 heavy (non-hydrogen) atoms. The monoisotopic (exact) mass is 269 g/mol. The molecule has 0 aliphatic heterocycles. The second-order valence-electron chi connectivity index (χ2n) is 4.34. The Morgan fingerprint density at radius 2 is 2.22 bits per heavy atom. The largest absolute Gasteiger partial charge is 0.494 e. The predicted octanol–water partition coefficient (Wildman–Crippen LogP) is 3.17. The molecule has 0 aromatic heterocycles. The van der Waals surface area contributed by atoms with Crippen molar-refractivity contribution in [2.24, 2.45) is 0 Å². The van der Waals surface area contributed by atoms with E-state index < -0.39 is 0 Å². The number of amides is 1. The molecule has 0 N–H and O–H groups in total. The first-order valence-corrected chi connectivity index (χ1v) is 6.60. The number of hydrogen-bond acceptors (Lipinski definition) is 2. The molecule has 1 rings (SSSR count). The van der Waals surface area contributed by atoms with Gasteiger partial charge in [0.1, 0.15) is 5.75 Å². The Morgan fingerprint density at radius 3 is 2.83 bits per heavy atom. The number of rotatable bonds is 6. The van der Waals surface area contributed by atoms with Gasteiger partial charge in [0.05, 0.1) is 6.61 Å². The lowest BCUT2D eigenvalue weighted by atomic mass is 10.2. The van der Waals surface area contributed by atoms with Gasteiger partial charge in [0.2, 0.25) is 0 Å². The number of nitrogens with zero attached hydrogens (tertiary/aromatic N) is 1. The summed E-state index contributed by atoms with van der Waals surface area (Å²) in [5.74, 6) is 0.694. The van der Waals surface area contributed by atoms with E-state index >= 15 is 0 Å². The summed E-state index contributed by atoms with van der Waals surface area (Å²) >= 11 is 5.89. The van der Waals surface area contributed by atoms with Gasteiger partial charge in [-0.1, -0.05) is 13.0 Å². The Hall–Kier alpha value is -1.22. The summed E-state index contributed by atoms with van der Waals surface area (Å²) < 4.78 is 5.51. The summed E-state index contributed by atoms with van der Waals surface area (Å²) in [4.78, 5) is 13.7. The minimum Gasteiger partial charge on any atom is -0.494 e. The molecule has 1 aromatic carbocycles. The Labute approximate surface area is 114 Å². The van der Waals surface area contributed by atoms with Crippen LogP contribution in [0.3, 0.4) is 0 Å². The molecule has 0 saturated heterocycles. The lowest BCUT2D eigenvalue weighted by molar-refractivity contribution is 0.0795. The maximum absolute atomic E-state index is 12.1. The van der Waals surface area contributed by atoms with Crippen LogP contribution in [0.4, 0.5) is 0 Å². The van der Waals surface area contributed by atoms with Crippen molar-refractivity contribution < 1.29 is 9.53 Å². The van der Waals surface area contributed by atoms with E-state index in [-0.39, 0.29) is 11.3 Å². The lowest BCUT2D eigenvalue weighted by Gasteiger charge is -2.18. The molecule has 0 heterocycles. The van der Waals surface area contributed by atoms with E-state index in [4.69, 9.17) is 16.3 Å². The van der Waals surface area contributed by atoms with E-state index in [2.05, 4.69) is 0 Å². The fourth-order valence-electron chi connectivity index (χ4n) is 1.62. The second kappa shape index (κ2) is 7.27. The molecule has 0 saturated carbocycles. The quantitative estimate of drug-likeness (QED) is 0.743. The van der Waals surface area contributed by atoms with E-state index in [0.29, 0.717) is 18.7 Å². The van der Waals surface area contributed by atoms with Crippen molar-refractivity contribution in [1.29, 1.82) is 0 Å². The van der Waals surface area contributed by atoms with Crippen molar-refractivity contribution in [3.63, 3.8) is 0 Å². The van der Waals surface area contributed by atoms with Gasteiger partial charge in [-0.2, -0.15) is 0 Å². The molecule has 3 nitrogen and oxygen atoms in total. The van der Waals surface area contributed by atoms with Gasteiger partial charge in [0, 0.05) is 24.5 Å². The highest BCUT2D eigenvalue weighted by Crippen LogP contribution is 2.15. The standard InChI is InChI=1S/C14H20ClNO2/c1-4-8-18-13-7-5-6-12(9-13)14(17)16(3)10-11(2)15/h5-7,9,11H,4,8,10H2,1-3H3. The molecule has 1 amide bonds. The normalized spacial score (nSPS) is 12.0. The SMILES string of the molecule is CCCOc1cccc(C(=O)N(C)CC(C)Cl)c1. The molecule has 0 fully saturated rings. The van der Waals surface area contributed by atoms with Gasteiger partial charge in [-0.3, -0.25) is 4.79 Å². The first kappa shape index (κ1) is 14.8. The van der Waals surface area contributed by atoms with Crippen LogP contribution >= 0.6 is 11.6 Å². The molecule has 1 unspecified atom stereocenters. The van der Waals surface area contributed by atoms with Gasteiger partial charge in [-0.25, -0.2) is 0 Å². The van der Waals surface area contributed by atoms with Crippen LogP contribution in [0.5, 0.6) is 5.75 Å². The average Bonchev–Trinajstić information content (AvgIpc) is 2.35. The van der Waals surface area contributed by atoms with Gasteiger partial charge in [0.15, 0.2) is 0 Å². The van der Waals surface area contributed by atoms with Crippen molar-refractivity contribution >= 4 is 17.5 Å². The fraction of sp³-hybridized carbons (Fsp3) is 0.500. The van der Waals surface area contributed by atoms with E-state index in [1.807, 2.05) is 26.0 Å². The van der Waals surface area contributed by atoms with Gasteiger partial charge in [-0.05, 0) is 31.5 Å². The van der Waals surface area contributed by atoms with Gasteiger partial charge in [-0.15, -0.1) is 11.6 Å². The van der Waals surface area contributed by atoms with E-state index in [1.54, 1.807) is 24.1 Å². The van der Waals surface area contributed by atoms with Crippen molar-refractivity contribution in [2.45, 2.75) is 25.6 Å². The number of benzene rings is 1. The van der Waals surface area contributed by atoms with Crippen LogP contribution in [0.25, 0.3) is 0 Å². The Morgan fingerprint density at radius 1 is 1.50 bits per heavy atom. The summed E-state index contributed by atoms with van der Waals surface area (Å²) in [6.45, 7) is 5.10. The Kier molecular flexibility index (Phi) is 5.99. The summed E-state index contributed by atoms with van der Waals surface area (Å²) in [5, 5.41) is -0.0570. The molecule has 0 aliphatic rings. The highest BCUT2D eigenvalue weighted by molar-refractivity contribution is 6.20. The van der Waals surface area contributed by atoms with E-state index in [0.717, 1.165) is 12.2 Å². The van der Waals surface area contributed by atoms with Crippen LogP contribution in [0, 0.1) is 0 Å². The first-order valence-electron chi connectivity index (χ1n) is 6.17. The first-order chi connectivity index (χ1) is 8.54. The summed E-state index contributed by atoms with van der Waals surface area (Å²) in [7, 11) is 1.75. The maximum Gasteiger partial charge on any atom is 0.253 e. The van der Waals surface area contributed by atoms with Gasteiger partial charge in [0.25, 0.3) is 5.91 Å². The number of carbonyl (C=O) groups excluding carboxylic acids is 1. The molecule has 1 atom stereocenters. The zero-order valence-corrected chi connectivity index (χ0v) is 11.9. The number of hydrogen-bond donors (Lipinski definition) is 0. The maximum atomic E-state index is 12.1. The summed E-state index contributed by atoms with van der Waals surface area (Å²) in [6.07, 6.45) is 0.946. The molecule has 100 valence electrons. The van der Waals surface area contributed by atoms with Crippen LogP contribution in [0.2, 0.25) is 0 Å². The zero-order chi connectivity index (χ0) is 13.5. The smallest absolute Gasteiger partial charge is 0.253 e. The van der Waals surface area contributed by atoms with Crippen LogP contribution in [0.1, 0.15) is 30.6 Å². The van der Waals surface area contributed by atoms with Gasteiger partial charge < -0.3 is 9.64 Å². The van der Waals surface area contributed by atoms with E-state index in [1.165, 1.54) is 0 Å². The summed E-state index contributed by atoms with van der Waals surface area (Å²) in [5.41, 5.74) is 0.628. The predicted molar refractivity (Wildman–Crippen MR) is 74.5 cm³/mol. The lowest BCUT2D eigenvalue weighted by Crippen LogP contribution is -2.31. The number of carbonyl (C=O) groups is 1. The van der Waals surface area contributed by atoms with Crippen LogP contribution in [0.15, 0.2) is 24.3 Å². The molecular weight excluding hydrogens is 250 g/mol. The van der Waals surface area contributed by atoms with Gasteiger partial charge >= 0.3 is 0 Å². The Bertz CT molecular complexity index is 393. The number of halogens is 1. The molecule has 0 spiro atoms. The molecule has 4 heteroatoms. The van der Waals surface area contributed by atoms with Crippen molar-refractivity contribution in [3.8, 4) is 5.75 Å². The minimum absolute atomic E-state index is 0.0375. The molecular formula is C14H20ClNO2. The molecule has 0 bridgehead atoms. The second-order valence-corrected chi connectivity index (χ2v) is 5.09. The van der Waals surface area contributed by atoms with Crippen LogP contribution in [-0.4, -0.2) is 36.4 Å². The minimum atomic E-state index is -0.0570. The molecule has 1 aromatic rings. The molecule has 0 aliphatic carbocycles. The Balaban J connectivity index is 2.73. The number of ether oxygens (including phenoxy) is 1. The fourth-order valence-corrected chi connectivity index (χ4v) is 1.83. The highest BCUT2D eigenvalue weighted by Gasteiger charge is 2.13. The van der Waals surface area contributed by atoms with Crippen LogP contribution in [-0.2, 0) is 0 Å². The van der Waals surface area contributed by atoms with E-state index in [9.17, 15) is 4.79 Å². The van der Waals surface area contributed by atoms with Crippen molar-refractivity contribution in [3.05, 3.63) is 29.8 Å². The number of alkyl halides is 1. The third-order valence-electron chi connectivity index (χ3n) is 2.43. The topological polar surface area (TPSA) is 29.5 Å². The van der Waals surface area contributed by atoms with Crippen LogP contribution < -0.4 is 4.74 Å². The third-order valence-corrected chi connectivity index (χ3v) is 2.56. The molecule has 0 radical (unpaired) electrons. The third kappa shape index (κ3) is 4.57.